The second-order valence-corrected chi connectivity index (χ2v) is 7.53. The van der Waals surface area contributed by atoms with Crippen LogP contribution in [0.2, 0.25) is 0 Å². The summed E-state index contributed by atoms with van der Waals surface area (Å²) in [6, 6.07) is 11.5. The van der Waals surface area contributed by atoms with E-state index in [1.54, 1.807) is 30.3 Å². The molecule has 0 heterocycles. The number of amides is 1. The third kappa shape index (κ3) is 5.71. The fraction of sp³-hybridized carbons (Fsp3) is 0.222. The number of rotatable bonds is 9. The summed E-state index contributed by atoms with van der Waals surface area (Å²) in [7, 11) is -0.769. The number of Topliss-reactive ketones (excluding diaryl/α,β-unsaturated/α-hetero) is 1. The zero-order valence-electron chi connectivity index (χ0n) is 15.1. The number of carbonyl (C=O) groups is 2. The number of anilines is 1. The molecule has 2 rings (SSSR count). The second kappa shape index (κ2) is 8.54. The fourth-order valence-corrected chi connectivity index (χ4v) is 2.83. The smallest absolute Gasteiger partial charge is 0.229 e. The Labute approximate surface area is 157 Å². The van der Waals surface area contributed by atoms with E-state index < -0.39 is 10.0 Å². The van der Waals surface area contributed by atoms with Crippen molar-refractivity contribution < 1.29 is 27.5 Å². The molecule has 2 aromatic rings. The number of sulfonamides is 1. The number of benzene rings is 2. The molecule has 144 valence electrons. The van der Waals surface area contributed by atoms with Crippen LogP contribution in [0.25, 0.3) is 0 Å². The molecule has 0 bridgehead atoms. The van der Waals surface area contributed by atoms with E-state index in [0.717, 1.165) is 6.26 Å². The van der Waals surface area contributed by atoms with Crippen LogP contribution in [-0.4, -0.2) is 52.5 Å². The molecule has 0 aliphatic rings. The summed E-state index contributed by atoms with van der Waals surface area (Å²) in [4.78, 5) is 24.5. The number of nitrogens with one attached hydrogen (secondary N) is 1. The highest BCUT2D eigenvalue weighted by Gasteiger charge is 2.20. The topological polar surface area (TPSA) is 102 Å². The second-order valence-electron chi connectivity index (χ2n) is 5.78. The Bertz CT molecular complexity index is 928. The van der Waals surface area contributed by atoms with Gasteiger partial charge in [-0.05, 0) is 18.2 Å². The van der Waals surface area contributed by atoms with Gasteiger partial charge in [0.2, 0.25) is 16.4 Å². The van der Waals surface area contributed by atoms with Gasteiger partial charge in [-0.1, -0.05) is 18.2 Å². The van der Waals surface area contributed by atoms with Gasteiger partial charge < -0.3 is 14.4 Å². The van der Waals surface area contributed by atoms with Gasteiger partial charge >= 0.3 is 0 Å². The number of methoxy groups -OCH3 is 1. The molecule has 0 radical (unpaired) electrons. The summed E-state index contributed by atoms with van der Waals surface area (Å²) in [6.45, 7) is -0.163. The minimum Gasteiger partial charge on any atom is -0.496 e. The monoisotopic (exact) mass is 392 g/mol. The molecule has 0 unspecified atom stereocenters. The molecule has 2 aromatic carbocycles. The van der Waals surface area contributed by atoms with E-state index in [1.807, 2.05) is 0 Å². The lowest BCUT2D eigenvalue weighted by Gasteiger charge is -2.17. The Balaban J connectivity index is 2.53. The van der Waals surface area contributed by atoms with Crippen molar-refractivity contribution in [2.75, 3.05) is 31.7 Å². The van der Waals surface area contributed by atoms with Crippen molar-refractivity contribution in [3.05, 3.63) is 48.0 Å². The standard InChI is InChI=1S/C18H20N2O6S/c1-20(12-21)11-16(22)14-9-18(26-13-7-5-4-6-8-13)15(10-17(14)25-2)19-27(3,23)24/h4-10,12,19H,11H2,1-3H3. The first-order chi connectivity index (χ1) is 12.7. The summed E-state index contributed by atoms with van der Waals surface area (Å²) in [6.07, 6.45) is 1.54. The number of ketones is 1. The van der Waals surface area contributed by atoms with Crippen LogP contribution in [0, 0.1) is 0 Å². The van der Waals surface area contributed by atoms with Crippen LogP contribution < -0.4 is 14.2 Å². The number of hydrogen-bond donors (Lipinski definition) is 1. The molecule has 1 N–H and O–H groups in total. The molecule has 27 heavy (non-hydrogen) atoms. The molecule has 0 saturated carbocycles. The van der Waals surface area contributed by atoms with Gasteiger partial charge in [0.05, 0.1) is 31.2 Å². The van der Waals surface area contributed by atoms with Crippen molar-refractivity contribution in [3.8, 4) is 17.2 Å². The highest BCUT2D eigenvalue weighted by Crippen LogP contribution is 2.36. The Morgan fingerprint density at radius 3 is 2.41 bits per heavy atom. The first-order valence-electron chi connectivity index (χ1n) is 7.85. The first kappa shape index (κ1) is 20.2. The van der Waals surface area contributed by atoms with Crippen LogP contribution in [0.3, 0.4) is 0 Å². The molecule has 0 aromatic heterocycles. The van der Waals surface area contributed by atoms with Crippen LogP contribution in [-0.2, 0) is 14.8 Å². The molecule has 0 fully saturated rings. The lowest BCUT2D eigenvalue weighted by Crippen LogP contribution is -2.25. The average Bonchev–Trinajstić information content (AvgIpc) is 2.62. The Morgan fingerprint density at radius 2 is 1.85 bits per heavy atom. The van der Waals surface area contributed by atoms with Crippen molar-refractivity contribution in [1.29, 1.82) is 0 Å². The SMILES string of the molecule is COc1cc(NS(C)(=O)=O)c(Oc2ccccc2)cc1C(=O)CN(C)C=O. The van der Waals surface area contributed by atoms with Crippen LogP contribution in [0.4, 0.5) is 5.69 Å². The Hall–Kier alpha value is -3.07. The summed E-state index contributed by atoms with van der Waals surface area (Å²) in [5, 5.41) is 0. The molecule has 9 heteroatoms. The molecule has 1 amide bonds. The molecule has 0 aliphatic heterocycles. The lowest BCUT2D eigenvalue weighted by atomic mass is 10.1. The average molecular weight is 392 g/mol. The van der Waals surface area contributed by atoms with E-state index in [0.29, 0.717) is 12.2 Å². The van der Waals surface area contributed by atoms with Gasteiger partial charge in [-0.3, -0.25) is 14.3 Å². The number of carbonyl (C=O) groups excluding carboxylic acids is 2. The summed E-state index contributed by atoms with van der Waals surface area (Å²) in [5.41, 5.74) is 0.287. The van der Waals surface area contributed by atoms with E-state index in [4.69, 9.17) is 9.47 Å². The van der Waals surface area contributed by atoms with Gasteiger partial charge in [-0.25, -0.2) is 8.42 Å². The zero-order chi connectivity index (χ0) is 20.0. The van der Waals surface area contributed by atoms with Crippen molar-refractivity contribution in [2.24, 2.45) is 0 Å². The highest BCUT2D eigenvalue weighted by molar-refractivity contribution is 7.92. The normalized spacial score (nSPS) is 10.8. The van der Waals surface area contributed by atoms with E-state index >= 15 is 0 Å². The van der Waals surface area contributed by atoms with Gasteiger partial charge in [0.15, 0.2) is 11.5 Å². The van der Waals surface area contributed by atoms with Crippen LogP contribution >= 0.6 is 0 Å². The van der Waals surface area contributed by atoms with Gasteiger partial charge in [0.25, 0.3) is 0 Å². The molecule has 0 spiro atoms. The number of likely N-dealkylation sites (N-methyl/N-ethyl adjacent to an activating group) is 1. The molecule has 0 atom stereocenters. The molecule has 0 saturated heterocycles. The Kier molecular flexibility index (Phi) is 6.40. The van der Waals surface area contributed by atoms with E-state index in [-0.39, 0.29) is 35.1 Å². The molecular weight excluding hydrogens is 372 g/mol. The summed E-state index contributed by atoms with van der Waals surface area (Å²) >= 11 is 0. The fourth-order valence-electron chi connectivity index (χ4n) is 2.28. The van der Waals surface area contributed by atoms with Crippen molar-refractivity contribution in [2.45, 2.75) is 0 Å². The maximum Gasteiger partial charge on any atom is 0.229 e. The Morgan fingerprint density at radius 1 is 1.19 bits per heavy atom. The minimum atomic E-state index is -3.60. The zero-order valence-corrected chi connectivity index (χ0v) is 15.9. The summed E-state index contributed by atoms with van der Waals surface area (Å²) < 4.78 is 36.7. The number of para-hydroxylation sites is 1. The van der Waals surface area contributed by atoms with E-state index in [1.165, 1.54) is 31.2 Å². The largest absolute Gasteiger partial charge is 0.496 e. The maximum atomic E-state index is 12.5. The minimum absolute atomic E-state index is 0.124. The number of hydrogen-bond acceptors (Lipinski definition) is 6. The van der Waals surface area contributed by atoms with E-state index in [9.17, 15) is 18.0 Å². The third-order valence-corrected chi connectivity index (χ3v) is 4.03. The maximum absolute atomic E-state index is 12.5. The quantitative estimate of drug-likeness (QED) is 0.518. The van der Waals surface area contributed by atoms with Gasteiger partial charge in [0.1, 0.15) is 11.5 Å². The first-order valence-corrected chi connectivity index (χ1v) is 9.74. The molecular formula is C18H20N2O6S. The highest BCUT2D eigenvalue weighted by atomic mass is 32.2. The third-order valence-electron chi connectivity index (χ3n) is 3.44. The van der Waals surface area contributed by atoms with Crippen molar-refractivity contribution in [3.63, 3.8) is 0 Å². The van der Waals surface area contributed by atoms with E-state index in [2.05, 4.69) is 4.72 Å². The molecule has 0 aliphatic carbocycles. The lowest BCUT2D eigenvalue weighted by molar-refractivity contribution is -0.116. The van der Waals surface area contributed by atoms with Crippen LogP contribution in [0.15, 0.2) is 42.5 Å². The predicted octanol–water partition coefficient (Wildman–Crippen LogP) is 2.13. The predicted molar refractivity (Wildman–Crippen MR) is 101 cm³/mol. The number of nitrogens with zero attached hydrogens (tertiary/aromatic N) is 1. The summed E-state index contributed by atoms with van der Waals surface area (Å²) in [5.74, 6) is 0.364. The van der Waals surface area contributed by atoms with Crippen molar-refractivity contribution >= 4 is 27.9 Å². The number of ether oxygens (including phenoxy) is 2. The molecule has 8 nitrogen and oxygen atoms in total. The van der Waals surface area contributed by atoms with Crippen molar-refractivity contribution in [1.82, 2.24) is 4.90 Å². The van der Waals surface area contributed by atoms with Gasteiger partial charge in [0, 0.05) is 13.1 Å². The van der Waals surface area contributed by atoms with Gasteiger partial charge in [-0.15, -0.1) is 0 Å². The van der Waals surface area contributed by atoms with Crippen LogP contribution in [0.1, 0.15) is 10.4 Å². The van der Waals surface area contributed by atoms with Gasteiger partial charge in [-0.2, -0.15) is 0 Å². The van der Waals surface area contributed by atoms with Crippen LogP contribution in [0.5, 0.6) is 17.2 Å².